The summed E-state index contributed by atoms with van der Waals surface area (Å²) < 4.78 is 4.56. The number of methoxy groups -OCH3 is 1. The van der Waals surface area contributed by atoms with Gasteiger partial charge < -0.3 is 9.72 Å². The average molecular weight is 237 g/mol. The lowest BCUT2D eigenvalue weighted by Gasteiger charge is -2.03. The van der Waals surface area contributed by atoms with Gasteiger partial charge in [0.15, 0.2) is 5.43 Å². The van der Waals surface area contributed by atoms with Gasteiger partial charge in [0.05, 0.1) is 7.11 Å². The highest BCUT2D eigenvalue weighted by atomic mass is 16.5. The van der Waals surface area contributed by atoms with Gasteiger partial charge in [-0.15, -0.1) is 0 Å². The minimum absolute atomic E-state index is 0.0470. The molecule has 0 saturated heterocycles. The zero-order chi connectivity index (χ0) is 12.7. The van der Waals surface area contributed by atoms with E-state index in [-0.39, 0.29) is 11.4 Å². The molecule has 0 unspecified atom stereocenters. The minimum atomic E-state index is -0.158. The van der Waals surface area contributed by atoms with Crippen LogP contribution in [0.15, 0.2) is 16.9 Å². The molecule has 1 aromatic rings. The standard InChI is InChI=1S/C13H19NO3/c1-10-8-12(15)9-11(14-10)6-4-3-5-7-13(16)17-2/h8-9H,3-7H2,1-2H3,(H,14,15). The predicted molar refractivity (Wildman–Crippen MR) is 66.0 cm³/mol. The summed E-state index contributed by atoms with van der Waals surface area (Å²) in [6.45, 7) is 1.88. The van der Waals surface area contributed by atoms with Crippen LogP contribution in [0, 0.1) is 6.92 Å². The van der Waals surface area contributed by atoms with Crippen LogP contribution in [-0.4, -0.2) is 18.1 Å². The van der Waals surface area contributed by atoms with Crippen LogP contribution in [0.1, 0.15) is 37.1 Å². The van der Waals surface area contributed by atoms with Crippen molar-refractivity contribution in [3.63, 3.8) is 0 Å². The van der Waals surface area contributed by atoms with E-state index in [0.717, 1.165) is 37.1 Å². The molecule has 4 heteroatoms. The Morgan fingerprint density at radius 2 is 2.06 bits per heavy atom. The molecule has 0 saturated carbocycles. The molecule has 0 aliphatic carbocycles. The number of nitrogens with one attached hydrogen (secondary N) is 1. The molecule has 0 amide bonds. The molecule has 1 aromatic heterocycles. The van der Waals surface area contributed by atoms with E-state index in [4.69, 9.17) is 0 Å². The third-order valence-corrected chi connectivity index (χ3v) is 2.59. The van der Waals surface area contributed by atoms with Crippen LogP contribution in [0.25, 0.3) is 0 Å². The van der Waals surface area contributed by atoms with Gasteiger partial charge >= 0.3 is 5.97 Å². The molecule has 0 aliphatic heterocycles. The molecular weight excluding hydrogens is 218 g/mol. The van der Waals surface area contributed by atoms with Crippen LogP contribution in [0.4, 0.5) is 0 Å². The fraction of sp³-hybridized carbons (Fsp3) is 0.538. The van der Waals surface area contributed by atoms with E-state index in [1.165, 1.54) is 7.11 Å². The van der Waals surface area contributed by atoms with E-state index in [2.05, 4.69) is 9.72 Å². The number of ether oxygens (including phenoxy) is 1. The van der Waals surface area contributed by atoms with Crippen molar-refractivity contribution >= 4 is 5.97 Å². The lowest BCUT2D eigenvalue weighted by atomic mass is 10.1. The van der Waals surface area contributed by atoms with E-state index in [1.54, 1.807) is 12.1 Å². The molecule has 17 heavy (non-hydrogen) atoms. The first-order valence-corrected chi connectivity index (χ1v) is 5.88. The van der Waals surface area contributed by atoms with E-state index in [1.807, 2.05) is 6.92 Å². The van der Waals surface area contributed by atoms with Crippen molar-refractivity contribution < 1.29 is 9.53 Å². The second kappa shape index (κ2) is 6.89. The first-order valence-electron chi connectivity index (χ1n) is 5.88. The Morgan fingerprint density at radius 3 is 2.71 bits per heavy atom. The van der Waals surface area contributed by atoms with Gasteiger partial charge in [-0.2, -0.15) is 0 Å². The van der Waals surface area contributed by atoms with Crippen molar-refractivity contribution in [3.8, 4) is 0 Å². The van der Waals surface area contributed by atoms with Crippen LogP contribution >= 0.6 is 0 Å². The Balaban J connectivity index is 2.26. The van der Waals surface area contributed by atoms with E-state index < -0.39 is 0 Å². The third-order valence-electron chi connectivity index (χ3n) is 2.59. The number of carbonyl (C=O) groups is 1. The van der Waals surface area contributed by atoms with Crippen LogP contribution in [0.2, 0.25) is 0 Å². The van der Waals surface area contributed by atoms with Crippen molar-refractivity contribution in [3.05, 3.63) is 33.7 Å². The minimum Gasteiger partial charge on any atom is -0.469 e. The largest absolute Gasteiger partial charge is 0.469 e. The number of aromatic nitrogens is 1. The number of hydrogen-bond donors (Lipinski definition) is 1. The summed E-state index contributed by atoms with van der Waals surface area (Å²) in [7, 11) is 1.40. The van der Waals surface area contributed by atoms with Crippen molar-refractivity contribution in [2.45, 2.75) is 39.0 Å². The first kappa shape index (κ1) is 13.5. The molecule has 4 nitrogen and oxygen atoms in total. The van der Waals surface area contributed by atoms with E-state index in [0.29, 0.717) is 6.42 Å². The lowest BCUT2D eigenvalue weighted by molar-refractivity contribution is -0.140. The molecule has 0 aliphatic rings. The van der Waals surface area contributed by atoms with Crippen molar-refractivity contribution in [2.75, 3.05) is 7.11 Å². The number of H-pyrrole nitrogens is 1. The maximum Gasteiger partial charge on any atom is 0.305 e. The number of rotatable bonds is 6. The van der Waals surface area contributed by atoms with Gasteiger partial charge in [-0.05, 0) is 26.2 Å². The van der Waals surface area contributed by atoms with Crippen molar-refractivity contribution in [1.82, 2.24) is 4.98 Å². The average Bonchev–Trinajstić information content (AvgIpc) is 2.27. The Hall–Kier alpha value is -1.58. The second-order valence-corrected chi connectivity index (χ2v) is 4.16. The summed E-state index contributed by atoms with van der Waals surface area (Å²) in [5.74, 6) is -0.158. The molecule has 0 atom stereocenters. The summed E-state index contributed by atoms with van der Waals surface area (Å²) in [6.07, 6.45) is 4.09. The van der Waals surface area contributed by atoms with Gasteiger partial charge in [0, 0.05) is 29.9 Å². The maximum absolute atomic E-state index is 11.2. The normalized spacial score (nSPS) is 10.2. The number of unbranched alkanes of at least 4 members (excludes halogenated alkanes) is 2. The van der Waals surface area contributed by atoms with Gasteiger partial charge in [-0.1, -0.05) is 6.42 Å². The van der Waals surface area contributed by atoms with Crippen LogP contribution in [0.3, 0.4) is 0 Å². The number of aromatic amines is 1. The predicted octanol–water partition coefficient (Wildman–Crippen LogP) is 1.96. The molecule has 0 fully saturated rings. The Morgan fingerprint density at radius 1 is 1.29 bits per heavy atom. The zero-order valence-corrected chi connectivity index (χ0v) is 10.4. The number of hydrogen-bond acceptors (Lipinski definition) is 3. The second-order valence-electron chi connectivity index (χ2n) is 4.16. The number of carbonyl (C=O) groups excluding carboxylic acids is 1. The summed E-state index contributed by atoms with van der Waals surface area (Å²) in [5, 5.41) is 0. The molecule has 1 rings (SSSR count). The topological polar surface area (TPSA) is 59.2 Å². The van der Waals surface area contributed by atoms with Gasteiger partial charge in [-0.3, -0.25) is 9.59 Å². The maximum atomic E-state index is 11.2. The highest BCUT2D eigenvalue weighted by molar-refractivity contribution is 5.68. The Kier molecular flexibility index (Phi) is 5.46. The Bertz CT molecular complexity index is 423. The molecule has 0 bridgehead atoms. The summed E-state index contributed by atoms with van der Waals surface area (Å²) >= 11 is 0. The fourth-order valence-electron chi connectivity index (χ4n) is 1.75. The molecule has 0 spiro atoms. The van der Waals surface area contributed by atoms with Gasteiger partial charge in [0.25, 0.3) is 0 Å². The third kappa shape index (κ3) is 5.33. The van der Waals surface area contributed by atoms with Crippen LogP contribution in [-0.2, 0) is 16.0 Å². The Labute approximate surface area is 101 Å². The highest BCUT2D eigenvalue weighted by Crippen LogP contribution is 2.05. The van der Waals surface area contributed by atoms with E-state index >= 15 is 0 Å². The molecule has 94 valence electrons. The molecule has 0 radical (unpaired) electrons. The smallest absolute Gasteiger partial charge is 0.305 e. The van der Waals surface area contributed by atoms with E-state index in [9.17, 15) is 9.59 Å². The zero-order valence-electron chi connectivity index (χ0n) is 10.4. The summed E-state index contributed by atoms with van der Waals surface area (Å²) in [5.41, 5.74) is 1.90. The van der Waals surface area contributed by atoms with Crippen molar-refractivity contribution in [1.29, 1.82) is 0 Å². The number of pyridine rings is 1. The summed E-state index contributed by atoms with van der Waals surface area (Å²) in [4.78, 5) is 25.3. The fourth-order valence-corrected chi connectivity index (χ4v) is 1.75. The van der Waals surface area contributed by atoms with Gasteiger partial charge in [-0.25, -0.2) is 0 Å². The summed E-state index contributed by atoms with van der Waals surface area (Å²) in [6, 6.07) is 3.22. The quantitative estimate of drug-likeness (QED) is 0.607. The molecule has 1 N–H and O–H groups in total. The van der Waals surface area contributed by atoms with Crippen molar-refractivity contribution in [2.24, 2.45) is 0 Å². The number of esters is 1. The van der Waals surface area contributed by atoms with Gasteiger partial charge in [0.1, 0.15) is 0 Å². The highest BCUT2D eigenvalue weighted by Gasteiger charge is 2.00. The number of aryl methyl sites for hydroxylation is 2. The van der Waals surface area contributed by atoms with Crippen LogP contribution < -0.4 is 5.43 Å². The molecular formula is C13H19NO3. The first-order chi connectivity index (χ1) is 8.11. The van der Waals surface area contributed by atoms with Gasteiger partial charge in [0.2, 0.25) is 0 Å². The van der Waals surface area contributed by atoms with Crippen LogP contribution in [0.5, 0.6) is 0 Å². The molecule has 1 heterocycles. The SMILES string of the molecule is COC(=O)CCCCCc1cc(=O)cc(C)[nH]1. The monoisotopic (exact) mass is 237 g/mol. The molecule has 0 aromatic carbocycles. The lowest BCUT2D eigenvalue weighted by Crippen LogP contribution is -2.04.